The second-order valence-electron chi connectivity index (χ2n) is 5.39. The van der Waals surface area contributed by atoms with Gasteiger partial charge in [0.15, 0.2) is 5.13 Å². The Labute approximate surface area is 137 Å². The molecule has 3 N–H and O–H groups in total. The SMILES string of the molecule is CNc1nc(C(=O)N2CCN(Cc3cn[nH]n3)C[C@@H](O)C2)cs1. The standard InChI is InChI=1S/C13H19N7O2S/c1-14-13-16-11(8-23-13)12(22)20-3-2-19(6-10(21)7-20)5-9-4-15-18-17-9/h4,8,10,21H,2-3,5-7H2,1H3,(H,14,16)(H,15,17,18)/t10-/m1/s1. The Bertz CT molecular complexity index is 645. The second kappa shape index (κ2) is 7.02. The molecular weight excluding hydrogens is 318 g/mol. The van der Waals surface area contributed by atoms with E-state index >= 15 is 0 Å². The highest BCUT2D eigenvalue weighted by molar-refractivity contribution is 7.13. The predicted molar refractivity (Wildman–Crippen MR) is 85.2 cm³/mol. The second-order valence-corrected chi connectivity index (χ2v) is 6.25. The fraction of sp³-hybridized carbons (Fsp3) is 0.538. The first-order valence-electron chi connectivity index (χ1n) is 7.33. The summed E-state index contributed by atoms with van der Waals surface area (Å²) in [5, 5.41) is 25.9. The molecule has 0 aliphatic carbocycles. The number of rotatable bonds is 4. The van der Waals surface area contributed by atoms with Gasteiger partial charge in [0.2, 0.25) is 0 Å². The monoisotopic (exact) mass is 337 g/mol. The number of H-pyrrole nitrogens is 1. The number of carbonyl (C=O) groups excluding carboxylic acids is 1. The van der Waals surface area contributed by atoms with Crippen LogP contribution in [0.3, 0.4) is 0 Å². The highest BCUT2D eigenvalue weighted by Gasteiger charge is 2.26. The third kappa shape index (κ3) is 3.84. The molecule has 0 saturated carbocycles. The molecule has 0 radical (unpaired) electrons. The minimum absolute atomic E-state index is 0.148. The van der Waals surface area contributed by atoms with Crippen LogP contribution in [0.25, 0.3) is 0 Å². The molecule has 2 aromatic heterocycles. The van der Waals surface area contributed by atoms with Crippen molar-refractivity contribution < 1.29 is 9.90 Å². The fourth-order valence-electron chi connectivity index (χ4n) is 2.56. The van der Waals surface area contributed by atoms with Crippen LogP contribution in [-0.2, 0) is 6.54 Å². The first-order valence-corrected chi connectivity index (χ1v) is 8.21. The number of hydrogen-bond donors (Lipinski definition) is 3. The number of thiazole rings is 1. The van der Waals surface area contributed by atoms with Crippen LogP contribution >= 0.6 is 11.3 Å². The van der Waals surface area contributed by atoms with Gasteiger partial charge in [-0.2, -0.15) is 15.4 Å². The number of aliphatic hydroxyl groups is 1. The Kier molecular flexibility index (Phi) is 4.84. The van der Waals surface area contributed by atoms with Gasteiger partial charge >= 0.3 is 0 Å². The highest BCUT2D eigenvalue weighted by atomic mass is 32.1. The molecule has 9 nitrogen and oxygen atoms in total. The van der Waals surface area contributed by atoms with E-state index in [4.69, 9.17) is 0 Å². The third-order valence-corrected chi connectivity index (χ3v) is 4.52. The predicted octanol–water partition coefficient (Wildman–Crippen LogP) is -0.378. The van der Waals surface area contributed by atoms with Crippen LogP contribution in [0.4, 0.5) is 5.13 Å². The number of nitrogens with one attached hydrogen (secondary N) is 2. The molecular formula is C13H19N7O2S. The number of anilines is 1. The summed E-state index contributed by atoms with van der Waals surface area (Å²) in [6, 6.07) is 0. The van der Waals surface area contributed by atoms with Gasteiger partial charge in [-0.15, -0.1) is 11.3 Å². The van der Waals surface area contributed by atoms with Crippen LogP contribution in [-0.4, -0.2) is 80.5 Å². The fourth-order valence-corrected chi connectivity index (χ4v) is 3.21. The van der Waals surface area contributed by atoms with Gasteiger partial charge in [0.1, 0.15) is 5.69 Å². The van der Waals surface area contributed by atoms with E-state index < -0.39 is 6.10 Å². The number of carbonyl (C=O) groups is 1. The maximum atomic E-state index is 12.5. The zero-order chi connectivity index (χ0) is 16.2. The minimum atomic E-state index is -0.601. The van der Waals surface area contributed by atoms with Crippen molar-refractivity contribution in [3.8, 4) is 0 Å². The lowest BCUT2D eigenvalue weighted by atomic mass is 10.3. The zero-order valence-corrected chi connectivity index (χ0v) is 13.6. The van der Waals surface area contributed by atoms with Crippen molar-refractivity contribution in [1.82, 2.24) is 30.2 Å². The van der Waals surface area contributed by atoms with Gasteiger partial charge in [-0.1, -0.05) is 0 Å². The van der Waals surface area contributed by atoms with Gasteiger partial charge in [-0.25, -0.2) is 4.98 Å². The van der Waals surface area contributed by atoms with Crippen LogP contribution in [0, 0.1) is 0 Å². The molecule has 1 amide bonds. The van der Waals surface area contributed by atoms with Crippen LogP contribution < -0.4 is 5.32 Å². The molecule has 10 heteroatoms. The van der Waals surface area contributed by atoms with Crippen LogP contribution in [0.2, 0.25) is 0 Å². The van der Waals surface area contributed by atoms with Crippen molar-refractivity contribution in [3.05, 3.63) is 23.0 Å². The number of aliphatic hydroxyl groups excluding tert-OH is 1. The minimum Gasteiger partial charge on any atom is -0.390 e. The molecule has 0 spiro atoms. The maximum Gasteiger partial charge on any atom is 0.273 e. The molecule has 23 heavy (non-hydrogen) atoms. The molecule has 0 aromatic carbocycles. The lowest BCUT2D eigenvalue weighted by Crippen LogP contribution is -2.37. The normalized spacial score (nSPS) is 19.6. The molecule has 0 unspecified atom stereocenters. The van der Waals surface area contributed by atoms with E-state index in [2.05, 4.69) is 30.6 Å². The number of aromatic amines is 1. The summed E-state index contributed by atoms with van der Waals surface area (Å²) < 4.78 is 0. The number of amides is 1. The molecule has 1 saturated heterocycles. The van der Waals surface area contributed by atoms with E-state index in [0.717, 1.165) is 5.69 Å². The van der Waals surface area contributed by atoms with E-state index in [9.17, 15) is 9.90 Å². The quantitative estimate of drug-likeness (QED) is 0.697. The molecule has 3 rings (SSSR count). The number of nitrogens with zero attached hydrogens (tertiary/aromatic N) is 5. The van der Waals surface area contributed by atoms with Gasteiger partial charge in [-0.05, 0) is 0 Å². The average molecular weight is 337 g/mol. The van der Waals surface area contributed by atoms with Crippen molar-refractivity contribution in [2.24, 2.45) is 0 Å². The topological polar surface area (TPSA) is 110 Å². The molecule has 0 bridgehead atoms. The van der Waals surface area contributed by atoms with Crippen molar-refractivity contribution in [2.75, 3.05) is 38.5 Å². The molecule has 3 heterocycles. The maximum absolute atomic E-state index is 12.5. The van der Waals surface area contributed by atoms with E-state index in [-0.39, 0.29) is 5.91 Å². The summed E-state index contributed by atoms with van der Waals surface area (Å²) in [6.45, 7) is 2.60. The average Bonchev–Trinajstić information content (AvgIpc) is 3.18. The summed E-state index contributed by atoms with van der Waals surface area (Å²) in [5.41, 5.74) is 1.23. The van der Waals surface area contributed by atoms with Crippen LogP contribution in [0.5, 0.6) is 0 Å². The number of β-amino-alcohol motifs (C(OH)–C–C–N with tert-alkyl or cyclic N) is 1. The van der Waals surface area contributed by atoms with Crippen molar-refractivity contribution >= 4 is 22.4 Å². The van der Waals surface area contributed by atoms with Crippen LogP contribution in [0.1, 0.15) is 16.2 Å². The highest BCUT2D eigenvalue weighted by Crippen LogP contribution is 2.17. The molecule has 1 fully saturated rings. The van der Waals surface area contributed by atoms with Gasteiger partial charge in [-0.3, -0.25) is 9.69 Å². The summed E-state index contributed by atoms with van der Waals surface area (Å²) in [6.07, 6.45) is 1.06. The van der Waals surface area contributed by atoms with Crippen molar-refractivity contribution in [1.29, 1.82) is 0 Å². The molecule has 124 valence electrons. The number of hydrogen-bond acceptors (Lipinski definition) is 8. The zero-order valence-electron chi connectivity index (χ0n) is 12.8. The van der Waals surface area contributed by atoms with E-state index in [1.165, 1.54) is 11.3 Å². The Balaban J connectivity index is 1.64. The Morgan fingerprint density at radius 3 is 3.09 bits per heavy atom. The Morgan fingerprint density at radius 2 is 2.39 bits per heavy atom. The van der Waals surface area contributed by atoms with Crippen molar-refractivity contribution in [3.63, 3.8) is 0 Å². The van der Waals surface area contributed by atoms with Crippen molar-refractivity contribution in [2.45, 2.75) is 12.6 Å². The molecule has 1 atom stereocenters. The van der Waals surface area contributed by atoms with Crippen LogP contribution in [0.15, 0.2) is 11.6 Å². The smallest absolute Gasteiger partial charge is 0.273 e. The lowest BCUT2D eigenvalue weighted by Gasteiger charge is -2.20. The molecule has 2 aromatic rings. The molecule has 1 aliphatic rings. The summed E-state index contributed by atoms with van der Waals surface area (Å²) in [7, 11) is 1.77. The van der Waals surface area contributed by atoms with Gasteiger partial charge in [0, 0.05) is 45.2 Å². The van der Waals surface area contributed by atoms with E-state index in [1.54, 1.807) is 23.5 Å². The molecule has 1 aliphatic heterocycles. The first kappa shape index (κ1) is 15.8. The van der Waals surface area contributed by atoms with E-state index in [1.807, 2.05) is 0 Å². The largest absolute Gasteiger partial charge is 0.390 e. The third-order valence-electron chi connectivity index (χ3n) is 3.66. The lowest BCUT2D eigenvalue weighted by molar-refractivity contribution is 0.0658. The number of aromatic nitrogens is 4. The summed E-state index contributed by atoms with van der Waals surface area (Å²) in [5.74, 6) is -0.148. The van der Waals surface area contributed by atoms with Gasteiger partial charge < -0.3 is 15.3 Å². The Morgan fingerprint density at radius 1 is 1.52 bits per heavy atom. The van der Waals surface area contributed by atoms with E-state index in [0.29, 0.717) is 43.5 Å². The van der Waals surface area contributed by atoms with Gasteiger partial charge in [0.25, 0.3) is 5.91 Å². The summed E-state index contributed by atoms with van der Waals surface area (Å²) in [4.78, 5) is 20.5. The first-order chi connectivity index (χ1) is 11.2. The Hall–Kier alpha value is -2.04. The van der Waals surface area contributed by atoms with Gasteiger partial charge in [0.05, 0.1) is 18.0 Å². The summed E-state index contributed by atoms with van der Waals surface area (Å²) >= 11 is 1.39.